The molecule has 38 heavy (non-hydrogen) atoms. The van der Waals surface area contributed by atoms with Crippen LogP contribution in [-0.4, -0.2) is 53.1 Å². The number of nitrogens with one attached hydrogen (secondary N) is 1. The van der Waals surface area contributed by atoms with Crippen molar-refractivity contribution >= 4 is 17.8 Å². The average molecular weight is 511 g/mol. The van der Waals surface area contributed by atoms with Crippen molar-refractivity contribution in [2.45, 2.75) is 6.92 Å². The van der Waals surface area contributed by atoms with Crippen LogP contribution in [0, 0.1) is 0 Å². The molecular weight excluding hydrogens is 480 g/mol. The average Bonchev–Trinajstić information content (AvgIpc) is 3.37. The number of aromatic nitrogens is 2. The molecule has 0 aliphatic rings. The van der Waals surface area contributed by atoms with Crippen LogP contribution in [0.1, 0.15) is 17.3 Å². The van der Waals surface area contributed by atoms with Crippen LogP contribution < -0.4 is 14.8 Å². The lowest BCUT2D eigenvalue weighted by Gasteiger charge is -2.21. The highest BCUT2D eigenvalue weighted by atomic mass is 16.5. The van der Waals surface area contributed by atoms with Gasteiger partial charge in [-0.2, -0.15) is 0 Å². The van der Waals surface area contributed by atoms with Crippen molar-refractivity contribution in [3.8, 4) is 28.4 Å². The fourth-order valence-corrected chi connectivity index (χ4v) is 3.95. The first-order valence-corrected chi connectivity index (χ1v) is 12.2. The Hall–Kier alpha value is -4.85. The number of benzene rings is 3. The van der Waals surface area contributed by atoms with Crippen molar-refractivity contribution in [2.75, 3.05) is 32.1 Å². The van der Waals surface area contributed by atoms with Gasteiger partial charge in [-0.05, 0) is 37.3 Å². The van der Waals surface area contributed by atoms with Gasteiger partial charge in [0.15, 0.2) is 0 Å². The smallest absolute Gasteiger partial charge is 0.254 e. The van der Waals surface area contributed by atoms with Crippen molar-refractivity contribution in [2.24, 2.45) is 0 Å². The number of carbonyl (C=O) groups is 2. The van der Waals surface area contributed by atoms with Crippen LogP contribution in [0.4, 0.5) is 5.95 Å². The molecule has 0 aliphatic heterocycles. The fourth-order valence-electron chi connectivity index (χ4n) is 3.95. The van der Waals surface area contributed by atoms with Gasteiger partial charge in [0, 0.05) is 29.9 Å². The lowest BCUT2D eigenvalue weighted by Crippen LogP contribution is -2.38. The molecule has 0 unspecified atom stereocenters. The number of amides is 2. The molecule has 194 valence electrons. The second kappa shape index (κ2) is 12.4. The Balaban J connectivity index is 1.62. The van der Waals surface area contributed by atoms with Gasteiger partial charge in [0.25, 0.3) is 5.91 Å². The predicted molar refractivity (Wildman–Crippen MR) is 148 cm³/mol. The van der Waals surface area contributed by atoms with E-state index in [0.717, 1.165) is 11.3 Å². The first-order valence-electron chi connectivity index (χ1n) is 12.2. The molecule has 0 radical (unpaired) electrons. The molecule has 3 aromatic carbocycles. The van der Waals surface area contributed by atoms with Crippen LogP contribution >= 0.6 is 0 Å². The SMILES string of the molecule is C=CCN(CC(=O)Nc1nc(-c2ccccc2)cn1-c1cccc(OCC)c1)C(=O)c1cccc(OC)c1. The molecule has 4 rings (SSSR count). The van der Waals surface area contributed by atoms with Crippen molar-refractivity contribution in [1.29, 1.82) is 0 Å². The molecule has 8 nitrogen and oxygen atoms in total. The summed E-state index contributed by atoms with van der Waals surface area (Å²) >= 11 is 0. The molecule has 0 bridgehead atoms. The number of hydrogen-bond donors (Lipinski definition) is 1. The van der Waals surface area contributed by atoms with Crippen LogP contribution in [0.3, 0.4) is 0 Å². The summed E-state index contributed by atoms with van der Waals surface area (Å²) in [5.41, 5.74) is 2.79. The van der Waals surface area contributed by atoms with Crippen LogP contribution in [0.5, 0.6) is 11.5 Å². The Bertz CT molecular complexity index is 1410. The molecule has 0 saturated heterocycles. The van der Waals surface area contributed by atoms with E-state index in [0.29, 0.717) is 35.3 Å². The van der Waals surface area contributed by atoms with Gasteiger partial charge in [-0.3, -0.25) is 19.5 Å². The van der Waals surface area contributed by atoms with Crippen LogP contribution in [0.25, 0.3) is 16.9 Å². The fraction of sp³-hybridized carbons (Fsp3) is 0.167. The Morgan fingerprint density at radius 3 is 2.53 bits per heavy atom. The largest absolute Gasteiger partial charge is 0.497 e. The van der Waals surface area contributed by atoms with Gasteiger partial charge in [0.05, 0.1) is 25.1 Å². The number of rotatable bonds is 11. The summed E-state index contributed by atoms with van der Waals surface area (Å²) in [4.78, 5) is 32.5. The molecule has 0 spiro atoms. The minimum Gasteiger partial charge on any atom is -0.497 e. The zero-order valence-corrected chi connectivity index (χ0v) is 21.5. The van der Waals surface area contributed by atoms with Crippen molar-refractivity contribution in [3.63, 3.8) is 0 Å². The summed E-state index contributed by atoms with van der Waals surface area (Å²) in [6.07, 6.45) is 3.44. The molecular formula is C30H30N4O4. The van der Waals surface area contributed by atoms with Gasteiger partial charge < -0.3 is 14.4 Å². The van der Waals surface area contributed by atoms with Gasteiger partial charge in [-0.1, -0.05) is 48.5 Å². The molecule has 1 heterocycles. The van der Waals surface area contributed by atoms with E-state index in [-0.39, 0.29) is 19.0 Å². The summed E-state index contributed by atoms with van der Waals surface area (Å²) in [5.74, 6) is 0.893. The second-order valence-corrected chi connectivity index (χ2v) is 8.37. The van der Waals surface area contributed by atoms with Crippen LogP contribution in [0.15, 0.2) is 97.7 Å². The first-order chi connectivity index (χ1) is 18.5. The Kier molecular flexibility index (Phi) is 8.56. The Morgan fingerprint density at radius 2 is 1.79 bits per heavy atom. The minimum atomic E-state index is -0.393. The van der Waals surface area contributed by atoms with Gasteiger partial charge in [-0.25, -0.2) is 4.98 Å². The number of methoxy groups -OCH3 is 1. The highest BCUT2D eigenvalue weighted by molar-refractivity contribution is 5.99. The monoisotopic (exact) mass is 510 g/mol. The minimum absolute atomic E-state index is 0.186. The third kappa shape index (κ3) is 6.28. The standard InChI is InChI=1S/C30H30N4O4/c1-4-17-33(29(36)23-13-9-15-25(18-23)37-3)21-28(35)32-30-31-27(22-11-7-6-8-12-22)20-34(30)24-14-10-16-26(19-24)38-5-2/h4,6-16,18-20H,1,5,17,21H2,2-3H3,(H,31,32,35). The molecule has 1 aromatic heterocycles. The predicted octanol–water partition coefficient (Wildman–Crippen LogP) is 5.21. The van der Waals surface area contributed by atoms with Crippen molar-refractivity contribution in [3.05, 3.63) is 103 Å². The number of ether oxygens (including phenoxy) is 2. The second-order valence-electron chi connectivity index (χ2n) is 8.37. The zero-order valence-electron chi connectivity index (χ0n) is 21.5. The van der Waals surface area contributed by atoms with Crippen molar-refractivity contribution in [1.82, 2.24) is 14.5 Å². The molecule has 0 saturated carbocycles. The van der Waals surface area contributed by atoms with E-state index in [2.05, 4.69) is 11.9 Å². The third-order valence-electron chi connectivity index (χ3n) is 5.72. The maximum atomic E-state index is 13.2. The topological polar surface area (TPSA) is 85.7 Å². The summed E-state index contributed by atoms with van der Waals surface area (Å²) in [5, 5.41) is 2.89. The highest BCUT2D eigenvalue weighted by Crippen LogP contribution is 2.26. The van der Waals surface area contributed by atoms with E-state index >= 15 is 0 Å². The summed E-state index contributed by atoms with van der Waals surface area (Å²) < 4.78 is 12.7. The molecule has 2 amide bonds. The van der Waals surface area contributed by atoms with Crippen molar-refractivity contribution < 1.29 is 19.1 Å². The molecule has 4 aromatic rings. The number of anilines is 1. The first kappa shape index (κ1) is 26.2. The van der Waals surface area contributed by atoms with E-state index in [1.165, 1.54) is 12.0 Å². The van der Waals surface area contributed by atoms with E-state index in [4.69, 9.17) is 14.5 Å². The third-order valence-corrected chi connectivity index (χ3v) is 5.72. The molecule has 0 atom stereocenters. The number of imidazole rings is 1. The molecule has 8 heteroatoms. The van der Waals surface area contributed by atoms with E-state index in [1.54, 1.807) is 34.9 Å². The van der Waals surface area contributed by atoms with Crippen LogP contribution in [-0.2, 0) is 4.79 Å². The maximum Gasteiger partial charge on any atom is 0.254 e. The van der Waals surface area contributed by atoms with E-state index < -0.39 is 5.91 Å². The summed E-state index contributed by atoms with van der Waals surface area (Å²) in [7, 11) is 1.54. The summed E-state index contributed by atoms with van der Waals surface area (Å²) in [6, 6.07) is 24.1. The van der Waals surface area contributed by atoms with E-state index in [9.17, 15) is 9.59 Å². The maximum absolute atomic E-state index is 13.2. The number of nitrogens with zero attached hydrogens (tertiary/aromatic N) is 3. The zero-order chi connectivity index (χ0) is 26.9. The molecule has 0 aliphatic carbocycles. The number of hydrogen-bond acceptors (Lipinski definition) is 5. The lowest BCUT2D eigenvalue weighted by molar-refractivity contribution is -0.116. The van der Waals surface area contributed by atoms with Crippen LogP contribution in [0.2, 0.25) is 0 Å². The lowest BCUT2D eigenvalue weighted by atomic mass is 10.2. The normalized spacial score (nSPS) is 10.5. The highest BCUT2D eigenvalue weighted by Gasteiger charge is 2.21. The molecule has 1 N–H and O–H groups in total. The van der Waals surface area contributed by atoms with Gasteiger partial charge in [0.2, 0.25) is 11.9 Å². The van der Waals surface area contributed by atoms with Gasteiger partial charge >= 0.3 is 0 Å². The Morgan fingerprint density at radius 1 is 1.03 bits per heavy atom. The summed E-state index contributed by atoms with van der Waals surface area (Å²) in [6.45, 7) is 6.20. The quantitative estimate of drug-likeness (QED) is 0.280. The number of carbonyl (C=O) groups excluding carboxylic acids is 2. The Labute approximate surface area is 222 Å². The van der Waals surface area contributed by atoms with E-state index in [1.807, 2.05) is 67.7 Å². The molecule has 0 fully saturated rings. The van der Waals surface area contributed by atoms with Gasteiger partial charge in [-0.15, -0.1) is 6.58 Å². The van der Waals surface area contributed by atoms with Gasteiger partial charge in [0.1, 0.15) is 18.0 Å².